The van der Waals surface area contributed by atoms with E-state index in [0.29, 0.717) is 12.3 Å². The van der Waals surface area contributed by atoms with Gasteiger partial charge in [-0.3, -0.25) is 0 Å². The Kier molecular flexibility index (Phi) is 4.16. The molecule has 21 heavy (non-hydrogen) atoms. The molecule has 0 saturated carbocycles. The highest BCUT2D eigenvalue weighted by molar-refractivity contribution is 6.44. The van der Waals surface area contributed by atoms with Crippen molar-refractivity contribution in [2.75, 3.05) is 6.61 Å². The minimum absolute atomic E-state index is 0.353. The number of esters is 1. The zero-order chi connectivity index (χ0) is 15.7. The van der Waals surface area contributed by atoms with Gasteiger partial charge >= 0.3 is 5.97 Å². The van der Waals surface area contributed by atoms with Gasteiger partial charge in [0.2, 0.25) is 0 Å². The van der Waals surface area contributed by atoms with Gasteiger partial charge in [0.25, 0.3) is 0 Å². The monoisotopic (exact) mass is 286 g/mol. The average Bonchev–Trinajstić information content (AvgIpc) is 2.85. The number of hydrogen-bond donors (Lipinski definition) is 1. The van der Waals surface area contributed by atoms with Crippen molar-refractivity contribution in [3.8, 4) is 0 Å². The van der Waals surface area contributed by atoms with Gasteiger partial charge in [0.05, 0.1) is 12.3 Å². The fourth-order valence-electron chi connectivity index (χ4n) is 2.35. The number of carbonyl (C=O) groups excluding carboxylic acids is 1. The maximum atomic E-state index is 11.9. The second-order valence-corrected chi connectivity index (χ2v) is 5.37. The predicted octanol–water partition coefficient (Wildman–Crippen LogP) is 3.63. The highest BCUT2D eigenvalue weighted by Gasteiger charge is 2.24. The molecule has 0 bridgehead atoms. The molecule has 0 aliphatic carbocycles. The maximum Gasteiger partial charge on any atom is 0.357 e. The molecule has 1 N–H and O–H groups in total. The highest BCUT2D eigenvalue weighted by Crippen LogP contribution is 2.28. The second kappa shape index (κ2) is 5.72. The number of rotatable bonds is 3. The van der Waals surface area contributed by atoms with E-state index in [1.54, 1.807) is 6.92 Å². The molecule has 0 radical (unpaired) electrons. The van der Waals surface area contributed by atoms with Crippen LogP contribution in [-0.4, -0.2) is 23.3 Å². The van der Waals surface area contributed by atoms with E-state index in [9.17, 15) is 4.79 Å². The Bertz CT molecular complexity index is 688. The van der Waals surface area contributed by atoms with Crippen LogP contribution in [0.1, 0.15) is 43.3 Å². The summed E-state index contributed by atoms with van der Waals surface area (Å²) in [6.07, 6.45) is 2.00. The lowest BCUT2D eigenvalue weighted by Gasteiger charge is -2.01. The Hall–Kier alpha value is -2.10. The van der Waals surface area contributed by atoms with Crippen LogP contribution in [0.4, 0.5) is 0 Å². The van der Waals surface area contributed by atoms with Crippen molar-refractivity contribution in [3.05, 3.63) is 39.4 Å². The number of aryl methyl sites for hydroxylation is 1. The molecule has 0 spiro atoms. The average molecular weight is 286 g/mol. The number of nitrogens with one attached hydrogen (secondary N) is 1. The molecule has 0 fully saturated rings. The van der Waals surface area contributed by atoms with Crippen LogP contribution in [0, 0.1) is 20.8 Å². The van der Waals surface area contributed by atoms with Gasteiger partial charge in [0, 0.05) is 11.4 Å². The van der Waals surface area contributed by atoms with Crippen LogP contribution in [0.5, 0.6) is 0 Å². The van der Waals surface area contributed by atoms with Crippen molar-refractivity contribution in [2.24, 2.45) is 4.99 Å². The minimum atomic E-state index is -0.353. The number of aromatic amines is 1. The lowest BCUT2D eigenvalue weighted by molar-refractivity contribution is -0.134. The summed E-state index contributed by atoms with van der Waals surface area (Å²) in [4.78, 5) is 19.7. The smallest absolute Gasteiger partial charge is 0.357 e. The van der Waals surface area contributed by atoms with E-state index in [4.69, 9.17) is 4.74 Å². The third-order valence-corrected chi connectivity index (χ3v) is 4.14. The highest BCUT2D eigenvalue weighted by atomic mass is 16.5. The molecule has 1 aliphatic heterocycles. The van der Waals surface area contributed by atoms with Crippen molar-refractivity contribution in [1.82, 2.24) is 4.98 Å². The molecule has 1 aliphatic rings. The molecule has 2 heterocycles. The number of hydrogen-bond acceptors (Lipinski definition) is 3. The van der Waals surface area contributed by atoms with Gasteiger partial charge < -0.3 is 9.72 Å². The number of aromatic nitrogens is 1. The van der Waals surface area contributed by atoms with Gasteiger partial charge in [-0.05, 0) is 69.9 Å². The molecule has 0 unspecified atom stereocenters. The van der Waals surface area contributed by atoms with E-state index in [-0.39, 0.29) is 5.97 Å². The first-order valence-electron chi connectivity index (χ1n) is 7.18. The Morgan fingerprint density at radius 1 is 1.14 bits per heavy atom. The van der Waals surface area contributed by atoms with Crippen LogP contribution in [-0.2, 0) is 9.53 Å². The lowest BCUT2D eigenvalue weighted by Crippen LogP contribution is -2.17. The summed E-state index contributed by atoms with van der Waals surface area (Å²) in [6, 6.07) is 0. The van der Waals surface area contributed by atoms with E-state index in [1.165, 1.54) is 11.1 Å². The Labute approximate surface area is 125 Å². The third kappa shape index (κ3) is 2.71. The molecule has 2 rings (SSSR count). The number of carbonyl (C=O) groups is 1. The summed E-state index contributed by atoms with van der Waals surface area (Å²) in [6.45, 7) is 12.3. The van der Waals surface area contributed by atoms with Gasteiger partial charge in [-0.25, -0.2) is 9.79 Å². The van der Waals surface area contributed by atoms with Crippen LogP contribution in [0.25, 0.3) is 6.08 Å². The van der Waals surface area contributed by atoms with Gasteiger partial charge in [-0.1, -0.05) is 0 Å². The Morgan fingerprint density at radius 2 is 1.81 bits per heavy atom. The molecule has 112 valence electrons. The first kappa shape index (κ1) is 15.3. The molecular weight excluding hydrogens is 264 g/mol. The summed E-state index contributed by atoms with van der Waals surface area (Å²) >= 11 is 0. The van der Waals surface area contributed by atoms with Crippen LogP contribution < -0.4 is 0 Å². The van der Waals surface area contributed by atoms with Gasteiger partial charge in [0.1, 0.15) is 0 Å². The molecule has 0 aromatic carbocycles. The lowest BCUT2D eigenvalue weighted by atomic mass is 10.1. The van der Waals surface area contributed by atoms with Crippen molar-refractivity contribution in [1.29, 1.82) is 0 Å². The Morgan fingerprint density at radius 3 is 2.33 bits per heavy atom. The fraction of sp³-hybridized carbons (Fsp3) is 0.412. The van der Waals surface area contributed by atoms with Crippen molar-refractivity contribution < 1.29 is 9.53 Å². The van der Waals surface area contributed by atoms with Crippen molar-refractivity contribution >= 4 is 17.8 Å². The molecule has 4 nitrogen and oxygen atoms in total. The van der Waals surface area contributed by atoms with E-state index in [0.717, 1.165) is 28.2 Å². The van der Waals surface area contributed by atoms with Crippen LogP contribution >= 0.6 is 0 Å². The van der Waals surface area contributed by atoms with Gasteiger partial charge in [-0.2, -0.15) is 0 Å². The van der Waals surface area contributed by atoms with E-state index in [1.807, 2.05) is 19.9 Å². The van der Waals surface area contributed by atoms with Crippen molar-refractivity contribution in [2.45, 2.75) is 41.5 Å². The zero-order valence-electron chi connectivity index (χ0n) is 13.5. The zero-order valence-corrected chi connectivity index (χ0v) is 13.5. The number of ether oxygens (including phenoxy) is 1. The second-order valence-electron chi connectivity index (χ2n) is 5.37. The van der Waals surface area contributed by atoms with E-state index < -0.39 is 0 Å². The van der Waals surface area contributed by atoms with Crippen LogP contribution in [0.3, 0.4) is 0 Å². The third-order valence-electron chi connectivity index (χ3n) is 4.14. The van der Waals surface area contributed by atoms with Crippen LogP contribution in [0.2, 0.25) is 0 Å². The quantitative estimate of drug-likeness (QED) is 0.863. The van der Waals surface area contributed by atoms with E-state index >= 15 is 0 Å². The number of nitrogens with zero attached hydrogens (tertiary/aromatic N) is 1. The summed E-state index contributed by atoms with van der Waals surface area (Å²) in [5.74, 6) is -0.353. The number of aliphatic imine (C=N–C) groups is 1. The van der Waals surface area contributed by atoms with Gasteiger partial charge in [-0.15, -0.1) is 0 Å². The number of allylic oxidation sites excluding steroid dienone is 1. The maximum absolute atomic E-state index is 11.9. The number of H-pyrrole nitrogens is 1. The SMILES string of the molecule is CCOC(=O)C1=NC(=Cc2[nH]c(C)c(C)c2C)C(C)=C1C. The van der Waals surface area contributed by atoms with Gasteiger partial charge in [0.15, 0.2) is 5.71 Å². The first-order valence-corrected chi connectivity index (χ1v) is 7.18. The first-order chi connectivity index (χ1) is 9.86. The molecule has 1 aromatic heterocycles. The fourth-order valence-corrected chi connectivity index (χ4v) is 2.35. The summed E-state index contributed by atoms with van der Waals surface area (Å²) in [7, 11) is 0. The largest absolute Gasteiger partial charge is 0.461 e. The Balaban J connectivity index is 2.43. The van der Waals surface area contributed by atoms with Crippen LogP contribution in [0.15, 0.2) is 21.8 Å². The van der Waals surface area contributed by atoms with E-state index in [2.05, 4.69) is 30.7 Å². The summed E-state index contributed by atoms with van der Waals surface area (Å²) < 4.78 is 5.05. The normalized spacial score (nSPS) is 16.7. The topological polar surface area (TPSA) is 54.4 Å². The minimum Gasteiger partial charge on any atom is -0.461 e. The summed E-state index contributed by atoms with van der Waals surface area (Å²) in [5, 5.41) is 0. The standard InChI is InChI=1S/C17H22N2O2/c1-7-21-17(20)16-12(5)11(4)15(19-16)8-14-10(3)9(2)13(6)18-14/h8,18H,7H2,1-6H3. The molecular formula is C17H22N2O2. The molecule has 0 amide bonds. The van der Waals surface area contributed by atoms with Crippen molar-refractivity contribution in [3.63, 3.8) is 0 Å². The molecule has 0 atom stereocenters. The molecule has 4 heteroatoms. The molecule has 1 aromatic rings. The predicted molar refractivity (Wildman–Crippen MR) is 85.4 cm³/mol. The summed E-state index contributed by atoms with van der Waals surface area (Å²) in [5.41, 5.74) is 7.81. The molecule has 0 saturated heterocycles.